The van der Waals surface area contributed by atoms with E-state index >= 15 is 0 Å². The number of rotatable bonds is 4. The fraction of sp³-hybridized carbons (Fsp3) is 0.875. The molecule has 1 heterocycles. The number of carbonyl (C=O) groups excluding carboxylic acids is 2. The topological polar surface area (TPSA) is 52.7 Å². The first-order valence-electron chi connectivity index (χ1n) is 8.37. The van der Waals surface area contributed by atoms with Crippen LogP contribution in [0.15, 0.2) is 0 Å². The van der Waals surface area contributed by atoms with Gasteiger partial charge in [-0.25, -0.2) is 0 Å². The molecular weight excluding hydrogens is 266 g/mol. The summed E-state index contributed by atoms with van der Waals surface area (Å²) >= 11 is 0. The maximum Gasteiger partial charge on any atom is 0.234 e. The summed E-state index contributed by atoms with van der Waals surface area (Å²) in [6, 6.07) is 0.187. The number of hydrogen-bond acceptors (Lipinski definition) is 3. The molecule has 1 N–H and O–H groups in total. The van der Waals surface area contributed by atoms with Gasteiger partial charge in [0.05, 0.1) is 6.54 Å². The van der Waals surface area contributed by atoms with Crippen LogP contribution in [-0.2, 0) is 9.59 Å². The van der Waals surface area contributed by atoms with Crippen molar-refractivity contribution in [3.63, 3.8) is 0 Å². The molecule has 0 aromatic heterocycles. The Balaban J connectivity index is 1.72. The molecule has 2 aliphatic rings. The van der Waals surface area contributed by atoms with Crippen molar-refractivity contribution in [3.8, 4) is 0 Å². The van der Waals surface area contributed by atoms with Crippen LogP contribution in [0.2, 0.25) is 0 Å². The van der Waals surface area contributed by atoms with Crippen LogP contribution in [0.3, 0.4) is 0 Å². The maximum absolute atomic E-state index is 12.5. The molecule has 2 rings (SSSR count). The van der Waals surface area contributed by atoms with Crippen molar-refractivity contribution in [2.75, 3.05) is 32.7 Å². The first-order valence-corrected chi connectivity index (χ1v) is 8.37. The standard InChI is InChI=1S/C16H29N3O2/c1-13(2)17-15(20)12-18-8-10-19(11-9-18)16(21)14-6-4-3-5-7-14/h13-14H,3-12H2,1-2H3,(H,17,20). The quantitative estimate of drug-likeness (QED) is 0.849. The fourth-order valence-electron chi connectivity index (χ4n) is 3.30. The summed E-state index contributed by atoms with van der Waals surface area (Å²) in [4.78, 5) is 28.4. The Labute approximate surface area is 128 Å². The summed E-state index contributed by atoms with van der Waals surface area (Å²) < 4.78 is 0. The molecule has 1 saturated heterocycles. The van der Waals surface area contributed by atoms with Crippen molar-refractivity contribution in [2.24, 2.45) is 5.92 Å². The van der Waals surface area contributed by atoms with Crippen LogP contribution in [0, 0.1) is 5.92 Å². The van der Waals surface area contributed by atoms with Gasteiger partial charge in [-0.3, -0.25) is 14.5 Å². The second-order valence-electron chi connectivity index (χ2n) is 6.66. The van der Waals surface area contributed by atoms with Crippen LogP contribution < -0.4 is 5.32 Å². The van der Waals surface area contributed by atoms with E-state index in [-0.39, 0.29) is 17.9 Å². The van der Waals surface area contributed by atoms with Gasteiger partial charge in [-0.1, -0.05) is 19.3 Å². The second kappa shape index (κ2) is 7.78. The van der Waals surface area contributed by atoms with Gasteiger partial charge in [-0.2, -0.15) is 0 Å². The van der Waals surface area contributed by atoms with Gasteiger partial charge in [0, 0.05) is 38.1 Å². The Bertz CT molecular complexity index is 357. The summed E-state index contributed by atoms with van der Waals surface area (Å²) in [6.45, 7) is 7.55. The van der Waals surface area contributed by atoms with Crippen molar-refractivity contribution in [3.05, 3.63) is 0 Å². The number of nitrogens with one attached hydrogen (secondary N) is 1. The lowest BCUT2D eigenvalue weighted by Gasteiger charge is -2.36. The first kappa shape index (κ1) is 16.3. The minimum atomic E-state index is 0.0806. The predicted octanol–water partition coefficient (Wildman–Crippen LogP) is 1.24. The summed E-state index contributed by atoms with van der Waals surface area (Å²) in [5.41, 5.74) is 0. The SMILES string of the molecule is CC(C)NC(=O)CN1CCN(C(=O)C2CCCCC2)CC1. The molecule has 2 fully saturated rings. The molecule has 1 saturated carbocycles. The van der Waals surface area contributed by atoms with Crippen molar-refractivity contribution in [1.82, 2.24) is 15.1 Å². The highest BCUT2D eigenvalue weighted by molar-refractivity contribution is 5.79. The van der Waals surface area contributed by atoms with E-state index in [0.29, 0.717) is 12.5 Å². The third-order valence-corrected chi connectivity index (χ3v) is 4.46. The van der Waals surface area contributed by atoms with Crippen molar-refractivity contribution in [2.45, 2.75) is 52.0 Å². The molecule has 1 aliphatic carbocycles. The molecule has 21 heavy (non-hydrogen) atoms. The molecule has 0 unspecified atom stereocenters. The largest absolute Gasteiger partial charge is 0.353 e. The first-order chi connectivity index (χ1) is 10.1. The van der Waals surface area contributed by atoms with Gasteiger partial charge < -0.3 is 10.2 Å². The third kappa shape index (κ3) is 4.99. The summed E-state index contributed by atoms with van der Waals surface area (Å²) in [6.07, 6.45) is 5.81. The van der Waals surface area contributed by atoms with Gasteiger partial charge >= 0.3 is 0 Å². The average molecular weight is 295 g/mol. The minimum Gasteiger partial charge on any atom is -0.353 e. The van der Waals surface area contributed by atoms with Crippen LogP contribution in [-0.4, -0.2) is 60.4 Å². The summed E-state index contributed by atoms with van der Waals surface area (Å²) in [7, 11) is 0. The van der Waals surface area contributed by atoms with Crippen LogP contribution in [0.25, 0.3) is 0 Å². The lowest BCUT2D eigenvalue weighted by molar-refractivity contribution is -0.138. The van der Waals surface area contributed by atoms with E-state index < -0.39 is 0 Å². The third-order valence-electron chi connectivity index (χ3n) is 4.46. The van der Waals surface area contributed by atoms with Gasteiger partial charge in [-0.05, 0) is 26.7 Å². The van der Waals surface area contributed by atoms with E-state index in [4.69, 9.17) is 0 Å². The molecule has 0 atom stereocenters. The van der Waals surface area contributed by atoms with Gasteiger partial charge in [0.2, 0.25) is 11.8 Å². The van der Waals surface area contributed by atoms with Crippen LogP contribution >= 0.6 is 0 Å². The van der Waals surface area contributed by atoms with E-state index in [1.165, 1.54) is 19.3 Å². The Hall–Kier alpha value is -1.10. The normalized spacial score (nSPS) is 21.6. The molecule has 0 bridgehead atoms. The lowest BCUT2D eigenvalue weighted by Crippen LogP contribution is -2.52. The summed E-state index contributed by atoms with van der Waals surface area (Å²) in [5.74, 6) is 0.688. The molecule has 0 aromatic carbocycles. The van der Waals surface area contributed by atoms with Crippen molar-refractivity contribution in [1.29, 1.82) is 0 Å². The molecule has 0 spiro atoms. The zero-order chi connectivity index (χ0) is 15.2. The molecular formula is C16H29N3O2. The van der Waals surface area contributed by atoms with Crippen molar-refractivity contribution < 1.29 is 9.59 Å². The van der Waals surface area contributed by atoms with E-state index in [2.05, 4.69) is 10.2 Å². The number of amides is 2. The molecule has 5 nitrogen and oxygen atoms in total. The van der Waals surface area contributed by atoms with E-state index in [1.807, 2.05) is 18.7 Å². The van der Waals surface area contributed by atoms with Gasteiger partial charge in [-0.15, -0.1) is 0 Å². The Morgan fingerprint density at radius 1 is 1.05 bits per heavy atom. The Morgan fingerprint density at radius 2 is 1.67 bits per heavy atom. The molecule has 1 aliphatic heterocycles. The van der Waals surface area contributed by atoms with E-state index in [9.17, 15) is 9.59 Å². The highest BCUT2D eigenvalue weighted by Crippen LogP contribution is 2.25. The number of piperazine rings is 1. The number of carbonyl (C=O) groups is 2. The highest BCUT2D eigenvalue weighted by atomic mass is 16.2. The van der Waals surface area contributed by atoms with Crippen LogP contribution in [0.5, 0.6) is 0 Å². The highest BCUT2D eigenvalue weighted by Gasteiger charge is 2.28. The number of nitrogens with zero attached hydrogens (tertiary/aromatic N) is 2. The van der Waals surface area contributed by atoms with E-state index in [1.54, 1.807) is 0 Å². The molecule has 2 amide bonds. The maximum atomic E-state index is 12.5. The van der Waals surface area contributed by atoms with Gasteiger partial charge in [0.15, 0.2) is 0 Å². The van der Waals surface area contributed by atoms with Crippen molar-refractivity contribution >= 4 is 11.8 Å². The predicted molar refractivity (Wildman–Crippen MR) is 82.9 cm³/mol. The summed E-state index contributed by atoms with van der Waals surface area (Å²) in [5, 5.41) is 2.91. The van der Waals surface area contributed by atoms with Crippen LogP contribution in [0.4, 0.5) is 0 Å². The Morgan fingerprint density at radius 3 is 2.24 bits per heavy atom. The monoisotopic (exact) mass is 295 g/mol. The second-order valence-corrected chi connectivity index (χ2v) is 6.66. The molecule has 0 aromatic rings. The molecule has 0 radical (unpaired) electrons. The smallest absolute Gasteiger partial charge is 0.234 e. The van der Waals surface area contributed by atoms with E-state index in [0.717, 1.165) is 39.0 Å². The molecule has 5 heteroatoms. The van der Waals surface area contributed by atoms with Gasteiger partial charge in [0.1, 0.15) is 0 Å². The molecule has 120 valence electrons. The zero-order valence-corrected chi connectivity index (χ0v) is 13.4. The Kier molecular flexibility index (Phi) is 6.03. The minimum absolute atomic E-state index is 0.0806. The lowest BCUT2D eigenvalue weighted by atomic mass is 9.88. The zero-order valence-electron chi connectivity index (χ0n) is 13.4. The fourth-order valence-corrected chi connectivity index (χ4v) is 3.30. The number of hydrogen-bond donors (Lipinski definition) is 1. The van der Waals surface area contributed by atoms with Crippen LogP contribution in [0.1, 0.15) is 46.0 Å². The van der Waals surface area contributed by atoms with Gasteiger partial charge in [0.25, 0.3) is 0 Å². The average Bonchev–Trinajstić information content (AvgIpc) is 2.47.